The van der Waals surface area contributed by atoms with E-state index in [9.17, 15) is 37.1 Å². The highest BCUT2D eigenvalue weighted by atomic mass is 19.4. The number of methoxy groups -OCH3 is 1. The third-order valence-corrected chi connectivity index (χ3v) is 6.68. The van der Waals surface area contributed by atoms with Crippen LogP contribution in [0, 0.1) is 11.8 Å². The van der Waals surface area contributed by atoms with Gasteiger partial charge in [0.1, 0.15) is 31.8 Å². The molecule has 3 rings (SSSR count). The zero-order valence-corrected chi connectivity index (χ0v) is 26.4. The lowest BCUT2D eigenvalue weighted by Crippen LogP contribution is -2.47. The number of carbonyl (C=O) groups excluding carboxylic acids is 5. The summed E-state index contributed by atoms with van der Waals surface area (Å²) < 4.78 is 72.8. The van der Waals surface area contributed by atoms with Crippen molar-refractivity contribution in [2.45, 2.75) is 51.6 Å². The number of pyridine rings is 1. The highest BCUT2D eigenvalue weighted by molar-refractivity contribution is 5.98. The molecular formula is C31H35F3N2O12. The molecule has 0 radical (unpaired) electrons. The monoisotopic (exact) mass is 684 g/mol. The minimum Gasteiger partial charge on any atom is -0.493 e. The maximum absolute atomic E-state index is 13.4. The molecule has 1 aromatic carbocycles. The lowest BCUT2D eigenvalue weighted by molar-refractivity contribution is -0.183. The third kappa shape index (κ3) is 11.1. The van der Waals surface area contributed by atoms with Crippen molar-refractivity contribution in [1.29, 1.82) is 0 Å². The molecule has 0 spiro atoms. The van der Waals surface area contributed by atoms with Gasteiger partial charge in [0.15, 0.2) is 29.3 Å². The van der Waals surface area contributed by atoms with Gasteiger partial charge in [0, 0.05) is 12.3 Å². The summed E-state index contributed by atoms with van der Waals surface area (Å²) in [6, 6.07) is 8.59. The first-order chi connectivity index (χ1) is 22.7. The fourth-order valence-electron chi connectivity index (χ4n) is 4.32. The fraction of sp³-hybridized carbons (Fsp3) is 0.484. The van der Waals surface area contributed by atoms with E-state index in [0.717, 1.165) is 5.56 Å². The van der Waals surface area contributed by atoms with Crippen LogP contribution >= 0.6 is 0 Å². The van der Waals surface area contributed by atoms with Crippen LogP contribution in [-0.4, -0.2) is 92.9 Å². The molecule has 0 bridgehead atoms. The molecule has 14 nitrogen and oxygen atoms in total. The smallest absolute Gasteiger partial charge is 0.411 e. The van der Waals surface area contributed by atoms with Crippen LogP contribution < -0.4 is 14.8 Å². The number of esters is 4. The molecular weight excluding hydrogens is 649 g/mol. The highest BCUT2D eigenvalue weighted by Gasteiger charge is 2.42. The van der Waals surface area contributed by atoms with Crippen molar-refractivity contribution in [3.8, 4) is 11.5 Å². The average Bonchev–Trinajstić information content (AvgIpc) is 3.06. The molecule has 48 heavy (non-hydrogen) atoms. The summed E-state index contributed by atoms with van der Waals surface area (Å²) in [6.45, 7) is 0.413. The van der Waals surface area contributed by atoms with Gasteiger partial charge < -0.3 is 38.5 Å². The quantitative estimate of drug-likeness (QED) is 0.185. The number of carbonyl (C=O) groups is 5. The van der Waals surface area contributed by atoms with Gasteiger partial charge in [-0.3, -0.25) is 14.4 Å². The van der Waals surface area contributed by atoms with Gasteiger partial charge in [-0.15, -0.1) is 0 Å². The Morgan fingerprint density at radius 3 is 2.44 bits per heavy atom. The van der Waals surface area contributed by atoms with Gasteiger partial charge in [0.2, 0.25) is 6.79 Å². The van der Waals surface area contributed by atoms with Crippen LogP contribution in [0.4, 0.5) is 13.2 Å². The second-order valence-corrected chi connectivity index (χ2v) is 10.7. The number of benzene rings is 1. The number of hydrogen-bond donors (Lipinski definition) is 1. The number of cyclic esters (lactones) is 2. The summed E-state index contributed by atoms with van der Waals surface area (Å²) in [5.41, 5.74) is 0.264. The van der Waals surface area contributed by atoms with E-state index in [1.165, 1.54) is 26.3 Å². The van der Waals surface area contributed by atoms with Gasteiger partial charge in [-0.25, -0.2) is 14.6 Å². The Hall–Kier alpha value is -4.93. The third-order valence-electron chi connectivity index (χ3n) is 6.68. The molecule has 2 aromatic rings. The predicted molar refractivity (Wildman–Crippen MR) is 155 cm³/mol. The maximum Gasteiger partial charge on any atom is 0.411 e. The van der Waals surface area contributed by atoms with Crippen molar-refractivity contribution in [2.24, 2.45) is 11.8 Å². The molecule has 1 N–H and O–H groups in total. The van der Waals surface area contributed by atoms with E-state index >= 15 is 0 Å². The van der Waals surface area contributed by atoms with Crippen LogP contribution in [0.1, 0.15) is 36.8 Å². The number of ether oxygens (including phenoxy) is 7. The van der Waals surface area contributed by atoms with Crippen LogP contribution in [-0.2, 0) is 49.3 Å². The van der Waals surface area contributed by atoms with Crippen molar-refractivity contribution in [3.05, 3.63) is 53.9 Å². The molecule has 0 aliphatic carbocycles. The second-order valence-electron chi connectivity index (χ2n) is 10.7. The molecule has 1 fully saturated rings. The Morgan fingerprint density at radius 2 is 1.79 bits per heavy atom. The van der Waals surface area contributed by atoms with Gasteiger partial charge in [0.05, 0.1) is 13.0 Å². The van der Waals surface area contributed by atoms with Crippen LogP contribution in [0.2, 0.25) is 0 Å². The maximum atomic E-state index is 13.4. The fourth-order valence-corrected chi connectivity index (χ4v) is 4.32. The molecule has 1 amide bonds. The summed E-state index contributed by atoms with van der Waals surface area (Å²) in [6.07, 6.45) is -5.77. The van der Waals surface area contributed by atoms with E-state index in [-0.39, 0.29) is 17.9 Å². The summed E-state index contributed by atoms with van der Waals surface area (Å²) in [7, 11) is 1.23. The van der Waals surface area contributed by atoms with E-state index in [1.807, 2.05) is 0 Å². The lowest BCUT2D eigenvalue weighted by Gasteiger charge is -2.29. The number of hydrogen-bond acceptors (Lipinski definition) is 13. The van der Waals surface area contributed by atoms with Crippen LogP contribution in [0.25, 0.3) is 0 Å². The SMILES string of the molecule is COc1ccnc(C(=O)NC2COC(=O)C(Cc3ccccc3)C(OC(=O)C(C)C)C(C)OC2=O)c1OCOC(=O)COCC(F)(F)F. The number of amides is 1. The van der Waals surface area contributed by atoms with Crippen LogP contribution in [0.3, 0.4) is 0 Å². The van der Waals surface area contributed by atoms with Crippen molar-refractivity contribution in [1.82, 2.24) is 10.3 Å². The first-order valence-electron chi connectivity index (χ1n) is 14.6. The van der Waals surface area contributed by atoms with Crippen molar-refractivity contribution in [3.63, 3.8) is 0 Å². The van der Waals surface area contributed by atoms with Crippen LogP contribution in [0.5, 0.6) is 11.5 Å². The zero-order valence-electron chi connectivity index (χ0n) is 26.4. The summed E-state index contributed by atoms with van der Waals surface area (Å²) in [5, 5.41) is 2.36. The number of alkyl halides is 3. The molecule has 17 heteroatoms. The molecule has 1 aromatic heterocycles. The van der Waals surface area contributed by atoms with E-state index in [0.29, 0.717) is 0 Å². The Balaban J connectivity index is 1.77. The molecule has 1 aliphatic rings. The van der Waals surface area contributed by atoms with Crippen molar-refractivity contribution >= 4 is 29.8 Å². The first-order valence-corrected chi connectivity index (χ1v) is 14.6. The van der Waals surface area contributed by atoms with Gasteiger partial charge >= 0.3 is 30.1 Å². The standard InChI is InChI=1S/C31H35F3N2O12/c1-17(2)28(39)48-25-18(3)47-30(41)21(13-44-29(40)20(25)12-19-8-6-5-7-9-19)36-27(38)24-26(22(42-4)10-11-35-24)46-16-45-23(37)14-43-15-31(32,33)34/h5-11,17-18,20-21,25H,12-16H2,1-4H3,(H,36,38). The van der Waals surface area contributed by atoms with Gasteiger partial charge in [-0.1, -0.05) is 44.2 Å². The van der Waals surface area contributed by atoms with Crippen molar-refractivity contribution in [2.75, 3.05) is 33.7 Å². The summed E-state index contributed by atoms with van der Waals surface area (Å²) in [5.74, 6) is -6.73. The van der Waals surface area contributed by atoms with E-state index < -0.39 is 98.4 Å². The first kappa shape index (κ1) is 37.5. The summed E-state index contributed by atoms with van der Waals surface area (Å²) in [4.78, 5) is 68.3. The molecule has 1 saturated heterocycles. The van der Waals surface area contributed by atoms with Gasteiger partial charge in [-0.05, 0) is 18.9 Å². The minimum absolute atomic E-state index is 0.0600. The molecule has 2 heterocycles. The zero-order chi connectivity index (χ0) is 35.4. The topological polar surface area (TPSA) is 175 Å². The van der Waals surface area contributed by atoms with Gasteiger partial charge in [-0.2, -0.15) is 13.2 Å². The lowest BCUT2D eigenvalue weighted by atomic mass is 9.91. The second kappa shape index (κ2) is 17.3. The Labute approximate surface area is 273 Å². The molecule has 262 valence electrons. The number of rotatable bonds is 13. The highest BCUT2D eigenvalue weighted by Crippen LogP contribution is 2.30. The number of aromatic nitrogens is 1. The van der Waals surface area contributed by atoms with Gasteiger partial charge in [0.25, 0.3) is 5.91 Å². The Morgan fingerprint density at radius 1 is 1.08 bits per heavy atom. The minimum atomic E-state index is -4.65. The molecule has 4 unspecified atom stereocenters. The molecule has 4 atom stereocenters. The normalized spacial score (nSPS) is 19.9. The van der Waals surface area contributed by atoms with E-state index in [4.69, 9.17) is 28.4 Å². The van der Waals surface area contributed by atoms with Crippen LogP contribution in [0.15, 0.2) is 42.6 Å². The van der Waals surface area contributed by atoms with Crippen molar-refractivity contribution < 1.29 is 70.3 Å². The number of nitrogens with one attached hydrogen (secondary N) is 1. The van der Waals surface area contributed by atoms with E-state index in [1.54, 1.807) is 44.2 Å². The molecule has 1 aliphatic heterocycles. The molecule has 0 saturated carbocycles. The van der Waals surface area contributed by atoms with E-state index in [2.05, 4.69) is 15.0 Å². The summed E-state index contributed by atoms with van der Waals surface area (Å²) >= 11 is 0. The average molecular weight is 685 g/mol. The Kier molecular flexibility index (Phi) is 13.5. The largest absolute Gasteiger partial charge is 0.493 e. The predicted octanol–water partition coefficient (Wildman–Crippen LogP) is 2.56. The number of halogens is 3. The number of nitrogens with zero attached hydrogens (tertiary/aromatic N) is 1. The Bertz CT molecular complexity index is 1440.